The van der Waals surface area contributed by atoms with Gasteiger partial charge in [0.15, 0.2) is 0 Å². The van der Waals surface area contributed by atoms with Gasteiger partial charge in [0.2, 0.25) is 0 Å². The molecule has 0 saturated carbocycles. The van der Waals surface area contributed by atoms with Crippen LogP contribution in [0, 0.1) is 5.82 Å². The van der Waals surface area contributed by atoms with E-state index in [1.165, 1.54) is 42.2 Å². The third kappa shape index (κ3) is 4.66. The van der Waals surface area contributed by atoms with Crippen LogP contribution < -0.4 is 5.56 Å². The molecule has 150 valence electrons. The van der Waals surface area contributed by atoms with Crippen LogP contribution in [-0.2, 0) is 16.0 Å². The highest BCUT2D eigenvalue weighted by Gasteiger charge is 2.14. The predicted octanol–water partition coefficient (Wildman–Crippen LogP) is 3.22. The first kappa shape index (κ1) is 20.2. The number of hydrogen-bond acceptors (Lipinski definition) is 6. The molecule has 29 heavy (non-hydrogen) atoms. The van der Waals surface area contributed by atoms with Crippen molar-refractivity contribution < 1.29 is 19.1 Å². The van der Waals surface area contributed by atoms with Crippen LogP contribution in [0.25, 0.3) is 16.6 Å². The van der Waals surface area contributed by atoms with Gasteiger partial charge in [0.05, 0.1) is 29.9 Å². The van der Waals surface area contributed by atoms with Crippen molar-refractivity contribution in [2.45, 2.75) is 25.7 Å². The second-order valence-corrected chi connectivity index (χ2v) is 6.45. The van der Waals surface area contributed by atoms with E-state index in [9.17, 15) is 14.0 Å². The van der Waals surface area contributed by atoms with E-state index in [4.69, 9.17) is 5.21 Å². The third-order valence-electron chi connectivity index (χ3n) is 4.51. The number of aromatic nitrogens is 2. The van der Waals surface area contributed by atoms with E-state index in [1.54, 1.807) is 18.2 Å². The molecule has 0 atom stereocenters. The minimum absolute atomic E-state index is 0.280. The molecular weight excluding hydrogens is 377 g/mol. The van der Waals surface area contributed by atoms with Gasteiger partial charge in [-0.3, -0.25) is 14.2 Å². The first-order valence-electron chi connectivity index (χ1n) is 9.09. The first-order chi connectivity index (χ1) is 14.0. The van der Waals surface area contributed by atoms with Gasteiger partial charge in [-0.15, -0.1) is 0 Å². The minimum atomic E-state index is -0.400. The fraction of sp³-hybridized carbons (Fsp3) is 0.238. The Balaban J connectivity index is 2.05. The average molecular weight is 397 g/mol. The Morgan fingerprint density at radius 2 is 2.00 bits per heavy atom. The van der Waals surface area contributed by atoms with Gasteiger partial charge in [-0.1, -0.05) is 11.2 Å². The van der Waals surface area contributed by atoms with Gasteiger partial charge in [-0.05, 0) is 54.8 Å². The Kier molecular flexibility index (Phi) is 6.33. The fourth-order valence-electron chi connectivity index (χ4n) is 3.07. The van der Waals surface area contributed by atoms with E-state index < -0.39 is 5.82 Å². The van der Waals surface area contributed by atoms with Gasteiger partial charge in [0.1, 0.15) is 11.6 Å². The summed E-state index contributed by atoms with van der Waals surface area (Å²) >= 11 is 0. The van der Waals surface area contributed by atoms with Gasteiger partial charge in [-0.2, -0.15) is 0 Å². The van der Waals surface area contributed by atoms with E-state index in [-0.39, 0.29) is 17.9 Å². The fourth-order valence-corrected chi connectivity index (χ4v) is 3.07. The molecule has 7 nitrogen and oxygen atoms in total. The van der Waals surface area contributed by atoms with Gasteiger partial charge < -0.3 is 9.94 Å². The Morgan fingerprint density at radius 1 is 1.24 bits per heavy atom. The number of fused-ring (bicyclic) bond motifs is 1. The van der Waals surface area contributed by atoms with Crippen LogP contribution in [0.1, 0.15) is 30.7 Å². The van der Waals surface area contributed by atoms with Gasteiger partial charge in [0, 0.05) is 12.8 Å². The van der Waals surface area contributed by atoms with Gasteiger partial charge in [0.25, 0.3) is 5.56 Å². The lowest BCUT2D eigenvalue weighted by Crippen LogP contribution is -2.24. The van der Waals surface area contributed by atoms with Crippen molar-refractivity contribution in [3.63, 3.8) is 0 Å². The molecule has 1 N–H and O–H groups in total. The highest BCUT2D eigenvalue weighted by molar-refractivity contribution is 5.88. The quantitative estimate of drug-likeness (QED) is 0.217. The largest absolute Gasteiger partial charge is 0.469 e. The second-order valence-electron chi connectivity index (χ2n) is 6.45. The van der Waals surface area contributed by atoms with Crippen LogP contribution in [0.2, 0.25) is 0 Å². The lowest BCUT2D eigenvalue weighted by Gasteiger charge is -2.14. The highest BCUT2D eigenvalue weighted by atomic mass is 19.1. The number of ether oxygens (including phenoxy) is 1. The SMILES string of the molecule is COC(=O)CCCCc1nc2cc(/C=N\O)ccc2c(=O)n1-c1ccc(F)cc1. The molecule has 0 fully saturated rings. The standard InChI is InChI=1S/C21H20FN3O4/c1-29-20(26)5-3-2-4-19-24-18-12-14(13-23-28)6-11-17(18)21(27)25(19)16-9-7-15(22)8-10-16/h6-13,28H,2-5H2,1H3/b23-13-. The number of rotatable bonds is 7. The maximum atomic E-state index is 13.4. The smallest absolute Gasteiger partial charge is 0.305 e. The van der Waals surface area contributed by atoms with E-state index in [2.05, 4.69) is 14.9 Å². The highest BCUT2D eigenvalue weighted by Crippen LogP contribution is 2.17. The van der Waals surface area contributed by atoms with Crippen molar-refractivity contribution >= 4 is 23.1 Å². The van der Waals surface area contributed by atoms with E-state index in [0.717, 1.165) is 0 Å². The van der Waals surface area contributed by atoms with Crippen molar-refractivity contribution in [3.05, 3.63) is 70.0 Å². The zero-order valence-electron chi connectivity index (χ0n) is 15.8. The number of hydrogen-bond donors (Lipinski definition) is 1. The summed E-state index contributed by atoms with van der Waals surface area (Å²) in [5, 5.41) is 12.1. The van der Waals surface area contributed by atoms with Gasteiger partial charge >= 0.3 is 5.97 Å². The van der Waals surface area contributed by atoms with Crippen molar-refractivity contribution in [2.24, 2.45) is 5.16 Å². The van der Waals surface area contributed by atoms with Gasteiger partial charge in [-0.25, -0.2) is 9.37 Å². The van der Waals surface area contributed by atoms with E-state index in [1.807, 2.05) is 0 Å². The van der Waals surface area contributed by atoms with Crippen LogP contribution >= 0.6 is 0 Å². The summed E-state index contributed by atoms with van der Waals surface area (Å²) in [6.45, 7) is 0. The Morgan fingerprint density at radius 3 is 2.69 bits per heavy atom. The molecule has 0 aliphatic rings. The molecular formula is C21H20FN3O4. The van der Waals surface area contributed by atoms with Crippen molar-refractivity contribution in [2.75, 3.05) is 7.11 Å². The monoisotopic (exact) mass is 397 g/mol. The van der Waals surface area contributed by atoms with E-state index in [0.29, 0.717) is 47.2 Å². The Hall–Kier alpha value is -3.55. The number of carbonyl (C=O) groups excluding carboxylic acids is 1. The summed E-state index contributed by atoms with van der Waals surface area (Å²) in [6.07, 6.45) is 3.18. The number of methoxy groups -OCH3 is 1. The summed E-state index contributed by atoms with van der Waals surface area (Å²) in [7, 11) is 1.34. The summed E-state index contributed by atoms with van der Waals surface area (Å²) in [5.74, 6) is -0.194. The molecule has 0 saturated heterocycles. The molecule has 0 amide bonds. The predicted molar refractivity (Wildman–Crippen MR) is 106 cm³/mol. The van der Waals surface area contributed by atoms with E-state index >= 15 is 0 Å². The average Bonchev–Trinajstić information content (AvgIpc) is 2.72. The molecule has 8 heteroatoms. The molecule has 0 unspecified atom stereocenters. The minimum Gasteiger partial charge on any atom is -0.469 e. The Bertz CT molecular complexity index is 1110. The normalized spacial score (nSPS) is 11.2. The molecule has 1 aromatic heterocycles. The Labute approximate surface area is 166 Å². The summed E-state index contributed by atoms with van der Waals surface area (Å²) in [6, 6.07) is 10.5. The molecule has 0 aliphatic heterocycles. The zero-order chi connectivity index (χ0) is 20.8. The second kappa shape index (κ2) is 9.09. The molecule has 0 spiro atoms. The number of esters is 1. The van der Waals surface area contributed by atoms with Crippen molar-refractivity contribution in [3.8, 4) is 5.69 Å². The van der Waals surface area contributed by atoms with Crippen LogP contribution in [0.15, 0.2) is 52.4 Å². The van der Waals surface area contributed by atoms with Crippen LogP contribution in [0.3, 0.4) is 0 Å². The van der Waals surface area contributed by atoms with Crippen LogP contribution in [-0.4, -0.2) is 34.1 Å². The number of nitrogens with zero attached hydrogens (tertiary/aromatic N) is 3. The van der Waals surface area contributed by atoms with Crippen molar-refractivity contribution in [1.82, 2.24) is 9.55 Å². The number of carbonyl (C=O) groups is 1. The topological polar surface area (TPSA) is 93.8 Å². The maximum Gasteiger partial charge on any atom is 0.305 e. The maximum absolute atomic E-state index is 13.4. The van der Waals surface area contributed by atoms with Crippen LogP contribution in [0.4, 0.5) is 4.39 Å². The lowest BCUT2D eigenvalue weighted by molar-refractivity contribution is -0.140. The number of benzene rings is 2. The number of aryl methyl sites for hydroxylation is 1. The first-order valence-corrected chi connectivity index (χ1v) is 9.09. The summed E-state index contributed by atoms with van der Waals surface area (Å²) in [4.78, 5) is 29.1. The third-order valence-corrected chi connectivity index (χ3v) is 4.51. The molecule has 3 rings (SSSR count). The number of halogens is 1. The molecule has 0 radical (unpaired) electrons. The zero-order valence-corrected chi connectivity index (χ0v) is 15.8. The molecule has 0 aliphatic carbocycles. The summed E-state index contributed by atoms with van der Waals surface area (Å²) in [5.41, 5.74) is 1.30. The number of oxime groups is 1. The molecule has 3 aromatic rings. The summed E-state index contributed by atoms with van der Waals surface area (Å²) < 4.78 is 19.5. The number of unbranched alkanes of at least 4 members (excludes halogenated alkanes) is 1. The molecule has 0 bridgehead atoms. The lowest BCUT2D eigenvalue weighted by atomic mass is 10.1. The van der Waals surface area contributed by atoms with Crippen molar-refractivity contribution in [1.29, 1.82) is 0 Å². The molecule has 1 heterocycles. The van der Waals surface area contributed by atoms with Crippen LogP contribution in [0.5, 0.6) is 0 Å². The molecule has 2 aromatic carbocycles.